The molecular weight excluding hydrogens is 373 g/mol. The molecule has 3 heterocycles. The van der Waals surface area contributed by atoms with E-state index in [2.05, 4.69) is 26.9 Å². The summed E-state index contributed by atoms with van der Waals surface area (Å²) < 4.78 is 17.5. The van der Waals surface area contributed by atoms with Crippen LogP contribution < -0.4 is 11.3 Å². The molecule has 0 radical (unpaired) electrons. The number of carbonyl (C=O) groups is 1. The zero-order valence-electron chi connectivity index (χ0n) is 15.8. The summed E-state index contributed by atoms with van der Waals surface area (Å²) in [6.07, 6.45) is 4.38. The SMILES string of the molecule is CCCn1c(Cn2ccnc2-c2cccc(F)n2)nc2cc(C(=O)NN)ccc21. The number of amides is 1. The fraction of sp³-hybridized carbons (Fsp3) is 0.200. The molecule has 9 heteroatoms. The Hall–Kier alpha value is -3.59. The molecule has 0 saturated carbocycles. The largest absolute Gasteiger partial charge is 0.326 e. The third-order valence-corrected chi connectivity index (χ3v) is 4.64. The minimum atomic E-state index is -0.555. The number of hydrogen-bond donors (Lipinski definition) is 2. The number of carbonyl (C=O) groups excluding carboxylic acids is 1. The summed E-state index contributed by atoms with van der Waals surface area (Å²) in [5.74, 6) is 5.68. The van der Waals surface area contributed by atoms with Crippen molar-refractivity contribution < 1.29 is 9.18 Å². The highest BCUT2D eigenvalue weighted by Gasteiger charge is 2.16. The highest BCUT2D eigenvalue weighted by Crippen LogP contribution is 2.22. The van der Waals surface area contributed by atoms with E-state index >= 15 is 0 Å². The predicted octanol–water partition coefficient (Wildman–Crippen LogP) is 2.50. The molecular formula is C20H20FN7O. The molecule has 0 atom stereocenters. The first kappa shape index (κ1) is 18.8. The minimum Gasteiger partial charge on any atom is -0.326 e. The van der Waals surface area contributed by atoms with Crippen molar-refractivity contribution in [3.8, 4) is 11.5 Å². The predicted molar refractivity (Wildman–Crippen MR) is 106 cm³/mol. The van der Waals surface area contributed by atoms with Crippen molar-refractivity contribution in [1.29, 1.82) is 0 Å². The van der Waals surface area contributed by atoms with E-state index in [0.717, 1.165) is 24.3 Å². The fourth-order valence-electron chi connectivity index (χ4n) is 3.35. The van der Waals surface area contributed by atoms with Gasteiger partial charge in [-0.1, -0.05) is 13.0 Å². The third kappa shape index (κ3) is 3.59. The first-order chi connectivity index (χ1) is 14.1. The van der Waals surface area contributed by atoms with Gasteiger partial charge in [-0.2, -0.15) is 4.39 Å². The number of fused-ring (bicyclic) bond motifs is 1. The van der Waals surface area contributed by atoms with Crippen LogP contribution in [0.4, 0.5) is 4.39 Å². The van der Waals surface area contributed by atoms with Crippen LogP contribution in [0.25, 0.3) is 22.6 Å². The number of nitrogens with one attached hydrogen (secondary N) is 1. The quantitative estimate of drug-likeness (QED) is 0.227. The summed E-state index contributed by atoms with van der Waals surface area (Å²) >= 11 is 0. The van der Waals surface area contributed by atoms with Gasteiger partial charge >= 0.3 is 0 Å². The number of aromatic nitrogens is 5. The van der Waals surface area contributed by atoms with Crippen molar-refractivity contribution in [3.05, 3.63) is 66.1 Å². The number of hydrogen-bond acceptors (Lipinski definition) is 5. The fourth-order valence-corrected chi connectivity index (χ4v) is 3.35. The van der Waals surface area contributed by atoms with Gasteiger partial charge in [0.2, 0.25) is 5.95 Å². The smallest absolute Gasteiger partial charge is 0.265 e. The number of nitrogens with two attached hydrogens (primary N) is 1. The Morgan fingerprint density at radius 1 is 1.24 bits per heavy atom. The standard InChI is InChI=1S/C20H20FN7O/c1-2-9-28-16-7-6-13(20(29)26-22)11-15(16)25-18(28)12-27-10-8-23-19(27)14-4-3-5-17(21)24-14/h3-8,10-11H,2,9,12,22H2,1H3,(H,26,29). The van der Waals surface area contributed by atoms with Gasteiger partial charge in [-0.15, -0.1) is 0 Å². The first-order valence-corrected chi connectivity index (χ1v) is 9.25. The normalized spacial score (nSPS) is 11.1. The number of nitrogens with zero attached hydrogens (tertiary/aromatic N) is 5. The van der Waals surface area contributed by atoms with Crippen LogP contribution in [-0.4, -0.2) is 30.0 Å². The first-order valence-electron chi connectivity index (χ1n) is 9.25. The van der Waals surface area contributed by atoms with Crippen molar-refractivity contribution in [1.82, 2.24) is 29.5 Å². The molecule has 0 spiro atoms. The molecule has 0 aliphatic heterocycles. The lowest BCUT2D eigenvalue weighted by Gasteiger charge is -2.10. The highest BCUT2D eigenvalue weighted by atomic mass is 19.1. The second-order valence-corrected chi connectivity index (χ2v) is 6.58. The van der Waals surface area contributed by atoms with E-state index in [-0.39, 0.29) is 5.91 Å². The second-order valence-electron chi connectivity index (χ2n) is 6.58. The van der Waals surface area contributed by atoms with Gasteiger partial charge in [0.1, 0.15) is 11.5 Å². The minimum absolute atomic E-state index is 0.368. The number of nitrogen functional groups attached to an aromatic ring is 1. The Balaban J connectivity index is 1.76. The van der Waals surface area contributed by atoms with E-state index in [1.54, 1.807) is 30.5 Å². The van der Waals surface area contributed by atoms with Crippen LogP contribution in [0.15, 0.2) is 48.8 Å². The van der Waals surface area contributed by atoms with E-state index in [0.29, 0.717) is 29.1 Å². The lowest BCUT2D eigenvalue weighted by molar-refractivity contribution is 0.0954. The number of halogens is 1. The summed E-state index contributed by atoms with van der Waals surface area (Å²) in [5.41, 5.74) is 4.67. The zero-order valence-corrected chi connectivity index (χ0v) is 15.8. The maximum Gasteiger partial charge on any atom is 0.265 e. The van der Waals surface area contributed by atoms with Gasteiger partial charge < -0.3 is 9.13 Å². The Morgan fingerprint density at radius 3 is 2.86 bits per heavy atom. The molecule has 148 valence electrons. The van der Waals surface area contributed by atoms with Crippen LogP contribution in [-0.2, 0) is 13.1 Å². The van der Waals surface area contributed by atoms with Crippen LogP contribution in [0, 0.1) is 5.95 Å². The van der Waals surface area contributed by atoms with Gasteiger partial charge in [-0.05, 0) is 36.8 Å². The van der Waals surface area contributed by atoms with E-state index in [9.17, 15) is 9.18 Å². The molecule has 4 rings (SSSR count). The number of pyridine rings is 1. The van der Waals surface area contributed by atoms with E-state index in [1.165, 1.54) is 6.07 Å². The molecule has 0 fully saturated rings. The zero-order chi connectivity index (χ0) is 20.4. The van der Waals surface area contributed by atoms with Gasteiger partial charge in [0, 0.05) is 24.5 Å². The molecule has 3 N–H and O–H groups in total. The van der Waals surface area contributed by atoms with Gasteiger partial charge in [-0.25, -0.2) is 20.8 Å². The lowest BCUT2D eigenvalue weighted by Crippen LogP contribution is -2.29. The molecule has 0 aliphatic rings. The van der Waals surface area contributed by atoms with Gasteiger partial charge in [0.25, 0.3) is 5.91 Å². The number of rotatable bonds is 6. The Morgan fingerprint density at radius 2 is 2.10 bits per heavy atom. The monoisotopic (exact) mass is 393 g/mol. The van der Waals surface area contributed by atoms with E-state index in [4.69, 9.17) is 10.8 Å². The summed E-state index contributed by atoms with van der Waals surface area (Å²) in [6.45, 7) is 3.29. The molecule has 4 aromatic rings. The van der Waals surface area contributed by atoms with Crippen molar-refractivity contribution >= 4 is 16.9 Å². The maximum atomic E-state index is 13.5. The molecule has 0 bridgehead atoms. The molecule has 3 aromatic heterocycles. The van der Waals surface area contributed by atoms with Crippen LogP contribution in [0.1, 0.15) is 29.5 Å². The molecule has 0 aliphatic carbocycles. The Bertz CT molecular complexity index is 1180. The van der Waals surface area contributed by atoms with Crippen LogP contribution >= 0.6 is 0 Å². The second kappa shape index (κ2) is 7.80. The Kier molecular flexibility index (Phi) is 5.05. The lowest BCUT2D eigenvalue weighted by atomic mass is 10.2. The molecule has 1 aromatic carbocycles. The average molecular weight is 393 g/mol. The molecule has 1 amide bonds. The molecule has 8 nitrogen and oxygen atoms in total. The van der Waals surface area contributed by atoms with Crippen molar-refractivity contribution in [2.24, 2.45) is 5.84 Å². The molecule has 0 unspecified atom stereocenters. The summed E-state index contributed by atoms with van der Waals surface area (Å²) in [7, 11) is 0. The van der Waals surface area contributed by atoms with Gasteiger partial charge in [0.05, 0.1) is 17.6 Å². The van der Waals surface area contributed by atoms with Crippen LogP contribution in [0.3, 0.4) is 0 Å². The van der Waals surface area contributed by atoms with Crippen molar-refractivity contribution in [3.63, 3.8) is 0 Å². The van der Waals surface area contributed by atoms with Crippen molar-refractivity contribution in [2.75, 3.05) is 0 Å². The summed E-state index contributed by atoms with van der Waals surface area (Å²) in [5, 5.41) is 0. The number of hydrazine groups is 1. The third-order valence-electron chi connectivity index (χ3n) is 4.64. The maximum absolute atomic E-state index is 13.5. The number of benzene rings is 1. The van der Waals surface area contributed by atoms with Gasteiger partial charge in [-0.3, -0.25) is 10.2 Å². The van der Waals surface area contributed by atoms with Crippen LogP contribution in [0.2, 0.25) is 0 Å². The molecule has 0 saturated heterocycles. The summed E-state index contributed by atoms with van der Waals surface area (Å²) in [4.78, 5) is 24.8. The number of imidazole rings is 2. The summed E-state index contributed by atoms with van der Waals surface area (Å²) in [6, 6.07) is 9.93. The van der Waals surface area contributed by atoms with Crippen molar-refractivity contribution in [2.45, 2.75) is 26.4 Å². The van der Waals surface area contributed by atoms with E-state index < -0.39 is 5.95 Å². The number of aryl methyl sites for hydroxylation is 1. The molecule has 29 heavy (non-hydrogen) atoms. The highest BCUT2D eigenvalue weighted by molar-refractivity contribution is 5.97. The topological polar surface area (TPSA) is 104 Å². The van der Waals surface area contributed by atoms with Gasteiger partial charge in [0.15, 0.2) is 5.82 Å². The van der Waals surface area contributed by atoms with E-state index in [1.807, 2.05) is 16.8 Å². The Labute approximate surface area is 166 Å². The van der Waals surface area contributed by atoms with Crippen LogP contribution in [0.5, 0.6) is 0 Å². The average Bonchev–Trinajstić information content (AvgIpc) is 3.32.